The lowest BCUT2D eigenvalue weighted by Gasteiger charge is -2.07. The van der Waals surface area contributed by atoms with Crippen molar-refractivity contribution in [3.63, 3.8) is 0 Å². The van der Waals surface area contributed by atoms with Crippen LogP contribution in [0.5, 0.6) is 0 Å². The topological polar surface area (TPSA) is 83.6 Å². The minimum absolute atomic E-state index is 0.000632. The lowest BCUT2D eigenvalue weighted by molar-refractivity contribution is 0.111. The van der Waals surface area contributed by atoms with Crippen LogP contribution < -0.4 is 5.32 Å². The maximum absolute atomic E-state index is 14.4. The van der Waals surface area contributed by atoms with Gasteiger partial charge in [0.1, 0.15) is 5.82 Å². The first kappa shape index (κ1) is 14.1. The fraction of sp³-hybridized carbons (Fsp3) is 0.200. The average molecular weight is 332 g/mol. The van der Waals surface area contributed by atoms with Crippen LogP contribution in [0.15, 0.2) is 18.2 Å². The van der Waals surface area contributed by atoms with Gasteiger partial charge in [-0.1, -0.05) is 11.6 Å². The highest BCUT2D eigenvalue weighted by Gasteiger charge is 2.30. The van der Waals surface area contributed by atoms with Crippen LogP contribution >= 0.6 is 11.6 Å². The smallest absolute Gasteiger partial charge is 0.195 e. The maximum Gasteiger partial charge on any atom is 0.195 e. The van der Waals surface area contributed by atoms with Crippen LogP contribution in [0.1, 0.15) is 35.1 Å². The summed E-state index contributed by atoms with van der Waals surface area (Å²) in [6.45, 7) is 0. The standard InChI is InChI=1S/C15H11ClFN5O/c16-8-3-4-10-9(5-8)14(19-11(6-23)18-10)20-15-12(17)13(21-22-15)7-1-2-7/h3-7H,1-2H2,(H2,18,19,20,21,22). The van der Waals surface area contributed by atoms with Crippen LogP contribution in [0.2, 0.25) is 5.02 Å². The molecule has 1 aliphatic rings. The SMILES string of the molecule is O=Cc1nc(Nc2n[nH]c(C3CC3)c2F)c2cc(Cl)ccc2n1. The normalized spacial score (nSPS) is 14.2. The molecule has 0 spiro atoms. The number of hydrogen-bond donors (Lipinski definition) is 2. The highest BCUT2D eigenvalue weighted by atomic mass is 35.5. The van der Waals surface area contributed by atoms with Gasteiger partial charge >= 0.3 is 0 Å². The first-order valence-corrected chi connectivity index (χ1v) is 7.47. The number of aromatic nitrogens is 4. The second-order valence-corrected chi connectivity index (χ2v) is 5.85. The summed E-state index contributed by atoms with van der Waals surface area (Å²) in [6, 6.07) is 4.99. The number of carbonyl (C=O) groups excluding carboxylic acids is 1. The van der Waals surface area contributed by atoms with Gasteiger partial charge in [-0.25, -0.2) is 14.4 Å². The Morgan fingerprint density at radius 1 is 1.30 bits per heavy atom. The van der Waals surface area contributed by atoms with Crippen molar-refractivity contribution in [2.75, 3.05) is 5.32 Å². The summed E-state index contributed by atoms with van der Waals surface area (Å²) in [6.07, 6.45) is 2.45. The summed E-state index contributed by atoms with van der Waals surface area (Å²) >= 11 is 6.00. The Balaban J connectivity index is 1.81. The number of H-pyrrole nitrogens is 1. The number of hydrogen-bond acceptors (Lipinski definition) is 5. The van der Waals surface area contributed by atoms with Gasteiger partial charge in [0.25, 0.3) is 0 Å². The number of fused-ring (bicyclic) bond motifs is 1. The van der Waals surface area contributed by atoms with Gasteiger partial charge in [-0.05, 0) is 31.0 Å². The predicted octanol–water partition coefficient (Wildman–Crippen LogP) is 3.58. The molecule has 0 amide bonds. The summed E-state index contributed by atoms with van der Waals surface area (Å²) < 4.78 is 14.4. The van der Waals surface area contributed by atoms with Gasteiger partial charge in [0.2, 0.25) is 0 Å². The predicted molar refractivity (Wildman–Crippen MR) is 83.7 cm³/mol. The van der Waals surface area contributed by atoms with Crippen molar-refractivity contribution in [1.29, 1.82) is 0 Å². The molecule has 0 radical (unpaired) electrons. The van der Waals surface area contributed by atoms with Crippen molar-refractivity contribution >= 4 is 40.4 Å². The Labute approximate surface area is 135 Å². The Morgan fingerprint density at radius 3 is 2.87 bits per heavy atom. The number of aromatic amines is 1. The van der Waals surface area contributed by atoms with E-state index in [1.165, 1.54) is 0 Å². The van der Waals surface area contributed by atoms with E-state index in [1.54, 1.807) is 18.2 Å². The molecule has 1 aromatic carbocycles. The van der Waals surface area contributed by atoms with E-state index >= 15 is 0 Å². The number of anilines is 2. The molecule has 23 heavy (non-hydrogen) atoms. The summed E-state index contributed by atoms with van der Waals surface area (Å²) in [5, 5.41) is 10.6. The molecule has 2 aromatic heterocycles. The summed E-state index contributed by atoms with van der Waals surface area (Å²) in [7, 11) is 0. The van der Waals surface area contributed by atoms with Crippen LogP contribution in [0.4, 0.5) is 16.0 Å². The molecular weight excluding hydrogens is 321 g/mol. The Hall–Kier alpha value is -2.54. The third-order valence-electron chi connectivity index (χ3n) is 3.74. The third kappa shape index (κ3) is 2.53. The number of rotatable bonds is 4. The third-order valence-corrected chi connectivity index (χ3v) is 3.97. The average Bonchev–Trinajstić information content (AvgIpc) is 3.33. The lowest BCUT2D eigenvalue weighted by Crippen LogP contribution is -2.02. The molecule has 116 valence electrons. The molecular formula is C15H11ClFN5O. The van der Waals surface area contributed by atoms with Gasteiger partial charge in [-0.3, -0.25) is 9.89 Å². The van der Waals surface area contributed by atoms with E-state index in [9.17, 15) is 9.18 Å². The molecule has 1 saturated carbocycles. The second-order valence-electron chi connectivity index (χ2n) is 5.41. The van der Waals surface area contributed by atoms with Gasteiger partial charge in [-0.2, -0.15) is 5.10 Å². The quantitative estimate of drug-likeness (QED) is 0.714. The molecule has 3 aromatic rings. The van der Waals surface area contributed by atoms with E-state index in [1.807, 2.05) is 0 Å². The van der Waals surface area contributed by atoms with E-state index < -0.39 is 5.82 Å². The maximum atomic E-state index is 14.4. The fourth-order valence-corrected chi connectivity index (χ4v) is 2.62. The van der Waals surface area contributed by atoms with Crippen LogP contribution in [0.25, 0.3) is 10.9 Å². The van der Waals surface area contributed by atoms with Crippen LogP contribution in [-0.4, -0.2) is 26.5 Å². The number of nitrogens with zero attached hydrogens (tertiary/aromatic N) is 3. The molecule has 0 saturated heterocycles. The largest absolute Gasteiger partial charge is 0.320 e. The molecule has 1 fully saturated rings. The molecule has 6 nitrogen and oxygen atoms in total. The molecule has 1 aliphatic carbocycles. The van der Waals surface area contributed by atoms with Gasteiger partial charge < -0.3 is 5.32 Å². The van der Waals surface area contributed by atoms with E-state index in [0.717, 1.165) is 12.8 Å². The lowest BCUT2D eigenvalue weighted by atomic mass is 10.2. The van der Waals surface area contributed by atoms with Crippen molar-refractivity contribution in [3.8, 4) is 0 Å². The number of carbonyl (C=O) groups is 1. The highest BCUT2D eigenvalue weighted by Crippen LogP contribution is 2.41. The Bertz CT molecular complexity index is 922. The van der Waals surface area contributed by atoms with Crippen molar-refractivity contribution in [1.82, 2.24) is 20.2 Å². The molecule has 8 heteroatoms. The van der Waals surface area contributed by atoms with Gasteiger partial charge in [0.15, 0.2) is 23.7 Å². The molecule has 0 aliphatic heterocycles. The number of nitrogens with one attached hydrogen (secondary N) is 2. The molecule has 4 rings (SSSR count). The molecule has 0 unspecified atom stereocenters. The van der Waals surface area contributed by atoms with Crippen LogP contribution in [0.3, 0.4) is 0 Å². The minimum Gasteiger partial charge on any atom is -0.320 e. The van der Waals surface area contributed by atoms with E-state index in [4.69, 9.17) is 11.6 Å². The summed E-state index contributed by atoms with van der Waals surface area (Å²) in [5.74, 6) is 0.117. The molecule has 0 bridgehead atoms. The number of aldehydes is 1. The number of benzene rings is 1. The zero-order valence-corrected chi connectivity index (χ0v) is 12.6. The molecule has 2 heterocycles. The van der Waals surface area contributed by atoms with Gasteiger partial charge in [0.05, 0.1) is 11.2 Å². The van der Waals surface area contributed by atoms with Gasteiger partial charge in [-0.15, -0.1) is 0 Å². The molecule has 0 atom stereocenters. The first-order valence-electron chi connectivity index (χ1n) is 7.09. The van der Waals surface area contributed by atoms with Crippen LogP contribution in [-0.2, 0) is 0 Å². The minimum atomic E-state index is -0.422. The van der Waals surface area contributed by atoms with Crippen molar-refractivity contribution in [2.45, 2.75) is 18.8 Å². The fourth-order valence-electron chi connectivity index (χ4n) is 2.45. The molecule has 2 N–H and O–H groups in total. The van der Waals surface area contributed by atoms with Crippen molar-refractivity contribution < 1.29 is 9.18 Å². The van der Waals surface area contributed by atoms with Crippen molar-refractivity contribution in [2.24, 2.45) is 0 Å². The monoisotopic (exact) mass is 331 g/mol. The van der Waals surface area contributed by atoms with E-state index in [-0.39, 0.29) is 23.4 Å². The van der Waals surface area contributed by atoms with Crippen molar-refractivity contribution in [3.05, 3.63) is 40.6 Å². The zero-order chi connectivity index (χ0) is 16.0. The van der Waals surface area contributed by atoms with E-state index in [0.29, 0.717) is 27.9 Å². The summed E-state index contributed by atoms with van der Waals surface area (Å²) in [4.78, 5) is 19.2. The Morgan fingerprint density at radius 2 is 2.13 bits per heavy atom. The zero-order valence-electron chi connectivity index (χ0n) is 11.8. The van der Waals surface area contributed by atoms with Gasteiger partial charge in [0, 0.05) is 16.3 Å². The summed E-state index contributed by atoms with van der Waals surface area (Å²) in [5.41, 5.74) is 1.03. The first-order chi connectivity index (χ1) is 11.2. The highest BCUT2D eigenvalue weighted by molar-refractivity contribution is 6.31. The Kier molecular flexibility index (Phi) is 3.23. The van der Waals surface area contributed by atoms with Crippen LogP contribution in [0, 0.1) is 5.82 Å². The number of halogens is 2. The van der Waals surface area contributed by atoms with E-state index in [2.05, 4.69) is 25.5 Å². The second kappa shape index (κ2) is 5.27.